The van der Waals surface area contributed by atoms with Crippen LogP contribution in [0.15, 0.2) is 89.3 Å². The van der Waals surface area contributed by atoms with Crippen LogP contribution in [0.1, 0.15) is 39.6 Å². The summed E-state index contributed by atoms with van der Waals surface area (Å²) in [6.07, 6.45) is 6.29. The van der Waals surface area contributed by atoms with Crippen LogP contribution < -0.4 is 4.90 Å². The molecule has 0 spiro atoms. The van der Waals surface area contributed by atoms with Crippen LogP contribution in [0.4, 0.5) is 5.69 Å². The van der Waals surface area contributed by atoms with Crippen molar-refractivity contribution in [3.05, 3.63) is 105 Å². The van der Waals surface area contributed by atoms with Crippen molar-refractivity contribution in [2.24, 2.45) is 11.8 Å². The third-order valence-electron chi connectivity index (χ3n) is 7.49. The smallest absolute Gasteiger partial charge is 0.185 e. The molecule has 5 heteroatoms. The lowest BCUT2D eigenvalue weighted by atomic mass is 9.75. The van der Waals surface area contributed by atoms with Gasteiger partial charge in [-0.15, -0.1) is 11.3 Å². The number of carbonyl (C=O) groups is 1. The van der Waals surface area contributed by atoms with E-state index in [0.29, 0.717) is 5.56 Å². The van der Waals surface area contributed by atoms with Gasteiger partial charge < -0.3 is 4.90 Å². The summed E-state index contributed by atoms with van der Waals surface area (Å²) in [6, 6.07) is 25.7. The Balaban J connectivity index is 1.61. The highest BCUT2D eigenvalue weighted by Crippen LogP contribution is 2.56. The van der Waals surface area contributed by atoms with Gasteiger partial charge in [0.2, 0.25) is 0 Å². The Labute approximate surface area is 209 Å². The zero-order valence-electron chi connectivity index (χ0n) is 19.0. The summed E-state index contributed by atoms with van der Waals surface area (Å²) in [6.45, 7) is 0. The number of rotatable bonds is 5. The highest BCUT2D eigenvalue weighted by Gasteiger charge is 2.56. The molecule has 6 rings (SSSR count). The molecule has 3 aromatic rings. The average Bonchev–Trinajstić information content (AvgIpc) is 3.48. The maximum atomic E-state index is 14.3. The Morgan fingerprint density at radius 3 is 2.37 bits per heavy atom. The van der Waals surface area contributed by atoms with Crippen LogP contribution >= 0.6 is 11.3 Å². The largest absolute Gasteiger partial charge is 0.353 e. The number of nitriles is 2. The summed E-state index contributed by atoms with van der Waals surface area (Å²) < 4.78 is 0. The van der Waals surface area contributed by atoms with Crippen molar-refractivity contribution in [2.75, 3.05) is 4.90 Å². The molecule has 170 valence electrons. The van der Waals surface area contributed by atoms with Gasteiger partial charge in [-0.2, -0.15) is 10.5 Å². The zero-order chi connectivity index (χ0) is 23.9. The molecule has 2 aromatic carbocycles. The number of Topliss-reactive ketones (excluding diaryl/α,β-unsaturated/α-hetero) is 1. The summed E-state index contributed by atoms with van der Waals surface area (Å²) in [5.74, 6) is 0.0236. The van der Waals surface area contributed by atoms with E-state index < -0.39 is 6.04 Å². The molecule has 0 bridgehead atoms. The summed E-state index contributed by atoms with van der Waals surface area (Å²) in [4.78, 5) is 17.7. The number of benzene rings is 2. The minimum Gasteiger partial charge on any atom is -0.353 e. The van der Waals surface area contributed by atoms with Gasteiger partial charge in [0, 0.05) is 28.0 Å². The average molecular weight is 474 g/mol. The summed E-state index contributed by atoms with van der Waals surface area (Å²) in [5.41, 5.74) is 3.96. The van der Waals surface area contributed by atoms with Crippen LogP contribution in [0, 0.1) is 34.5 Å². The van der Waals surface area contributed by atoms with Crippen molar-refractivity contribution in [3.8, 4) is 12.1 Å². The van der Waals surface area contributed by atoms with Crippen LogP contribution in [0.5, 0.6) is 0 Å². The number of carbonyl (C=O) groups excluding carboxylic acids is 1. The molecule has 1 aliphatic carbocycles. The van der Waals surface area contributed by atoms with E-state index in [2.05, 4.69) is 47.4 Å². The van der Waals surface area contributed by atoms with Gasteiger partial charge in [0.1, 0.15) is 23.8 Å². The molecule has 4 nitrogen and oxygen atoms in total. The van der Waals surface area contributed by atoms with Crippen molar-refractivity contribution in [3.63, 3.8) is 0 Å². The minimum atomic E-state index is -0.440. The fourth-order valence-electron chi connectivity index (χ4n) is 5.97. The normalized spacial score (nSPS) is 24.1. The molecule has 0 N–H and O–H groups in total. The Bertz CT molecular complexity index is 1400. The van der Waals surface area contributed by atoms with E-state index in [1.807, 2.05) is 53.9 Å². The van der Waals surface area contributed by atoms with E-state index in [4.69, 9.17) is 0 Å². The first-order valence-corrected chi connectivity index (χ1v) is 12.8. The second kappa shape index (κ2) is 8.69. The lowest BCUT2D eigenvalue weighted by Crippen LogP contribution is -2.43. The van der Waals surface area contributed by atoms with Crippen LogP contribution in [-0.4, -0.2) is 17.9 Å². The second-order valence-electron chi connectivity index (χ2n) is 9.39. The lowest BCUT2D eigenvalue weighted by molar-refractivity contribution is 0.0953. The Kier molecular flexibility index (Phi) is 5.36. The fourth-order valence-corrected chi connectivity index (χ4v) is 6.88. The first-order valence-electron chi connectivity index (χ1n) is 12.0. The van der Waals surface area contributed by atoms with Crippen LogP contribution in [0.25, 0.3) is 6.08 Å². The molecule has 0 radical (unpaired) electrons. The summed E-state index contributed by atoms with van der Waals surface area (Å²) in [5, 5.41) is 21.9. The van der Waals surface area contributed by atoms with E-state index in [-0.39, 0.29) is 35.2 Å². The predicted octanol–water partition coefficient (Wildman–Crippen LogP) is 6.37. The number of fused-ring (bicyclic) bond motifs is 3. The van der Waals surface area contributed by atoms with Crippen LogP contribution in [0.3, 0.4) is 0 Å². The number of thiophene rings is 1. The maximum Gasteiger partial charge on any atom is 0.185 e. The number of nitrogens with zero attached hydrogens (tertiary/aromatic N) is 3. The van der Waals surface area contributed by atoms with Crippen molar-refractivity contribution in [1.82, 2.24) is 0 Å². The van der Waals surface area contributed by atoms with Gasteiger partial charge in [-0.05, 0) is 47.4 Å². The maximum absolute atomic E-state index is 14.3. The molecule has 1 saturated heterocycles. The standard InChI is InChI=1S/C30H23N3OS/c31-17-22(18-32)26(20-12-13-20)27-24-15-14-19-7-4-5-10-23(19)33(24)29(28(27)25-11-6-16-35-25)30(34)21-8-2-1-3-9-21/h1-11,14-16,20,24,27-29H,12-13H2/t24-,27+,28-,29+/m0/s1. The Morgan fingerprint density at radius 1 is 0.943 bits per heavy atom. The van der Waals surface area contributed by atoms with E-state index in [1.165, 1.54) is 0 Å². The van der Waals surface area contributed by atoms with E-state index in [1.54, 1.807) is 11.3 Å². The van der Waals surface area contributed by atoms with Gasteiger partial charge in [0.05, 0.1) is 6.04 Å². The molecule has 35 heavy (non-hydrogen) atoms. The number of para-hydroxylation sites is 1. The SMILES string of the molecule is N#CC(C#N)=C(C1CC1)[C@@H]1[C@H](c2cccs2)[C@H](C(=O)c2ccccc2)N2c3ccccc3C=C[C@@H]12. The quantitative estimate of drug-likeness (QED) is 0.319. The first kappa shape index (κ1) is 21.6. The predicted molar refractivity (Wildman–Crippen MR) is 138 cm³/mol. The molecule has 2 fully saturated rings. The molecule has 3 heterocycles. The molecule has 1 aromatic heterocycles. The highest BCUT2D eigenvalue weighted by molar-refractivity contribution is 7.10. The van der Waals surface area contributed by atoms with Crippen molar-refractivity contribution >= 4 is 28.9 Å². The van der Waals surface area contributed by atoms with Crippen molar-refractivity contribution in [2.45, 2.75) is 30.8 Å². The molecule has 4 atom stereocenters. The topological polar surface area (TPSA) is 67.9 Å². The Morgan fingerprint density at radius 2 is 1.69 bits per heavy atom. The van der Waals surface area contributed by atoms with Gasteiger partial charge in [-0.3, -0.25) is 4.79 Å². The summed E-state index contributed by atoms with van der Waals surface area (Å²) in [7, 11) is 0. The zero-order valence-corrected chi connectivity index (χ0v) is 19.9. The molecule has 1 saturated carbocycles. The molecule has 0 unspecified atom stereocenters. The third kappa shape index (κ3) is 3.52. The molecule has 0 amide bonds. The Hall–Kier alpha value is -3.93. The first-order chi connectivity index (χ1) is 17.2. The monoisotopic (exact) mass is 473 g/mol. The second-order valence-corrected chi connectivity index (χ2v) is 10.4. The van der Waals surface area contributed by atoms with Gasteiger partial charge in [-0.25, -0.2) is 0 Å². The number of hydrogen-bond acceptors (Lipinski definition) is 5. The minimum absolute atomic E-state index is 0.0761. The van der Waals surface area contributed by atoms with Crippen molar-refractivity contribution in [1.29, 1.82) is 10.5 Å². The van der Waals surface area contributed by atoms with Crippen LogP contribution in [0.2, 0.25) is 0 Å². The molecular formula is C30H23N3OS. The van der Waals surface area contributed by atoms with E-state index in [9.17, 15) is 15.3 Å². The molecule has 2 aliphatic heterocycles. The lowest BCUT2D eigenvalue weighted by Gasteiger charge is -2.35. The fraction of sp³-hybridized carbons (Fsp3) is 0.233. The van der Waals surface area contributed by atoms with Gasteiger partial charge >= 0.3 is 0 Å². The molecular weight excluding hydrogens is 450 g/mol. The van der Waals surface area contributed by atoms with Gasteiger partial charge in [-0.1, -0.05) is 66.7 Å². The highest BCUT2D eigenvalue weighted by atomic mass is 32.1. The van der Waals surface area contributed by atoms with Crippen LogP contribution in [-0.2, 0) is 0 Å². The molecule has 3 aliphatic rings. The summed E-state index contributed by atoms with van der Waals surface area (Å²) >= 11 is 1.65. The van der Waals surface area contributed by atoms with Gasteiger partial charge in [0.15, 0.2) is 5.78 Å². The van der Waals surface area contributed by atoms with E-state index >= 15 is 0 Å². The number of anilines is 1. The number of ketones is 1. The van der Waals surface area contributed by atoms with Crippen molar-refractivity contribution < 1.29 is 4.79 Å². The van der Waals surface area contributed by atoms with E-state index in [0.717, 1.165) is 34.5 Å². The van der Waals surface area contributed by atoms with Gasteiger partial charge in [0.25, 0.3) is 0 Å². The third-order valence-corrected chi connectivity index (χ3v) is 8.46. The number of hydrogen-bond donors (Lipinski definition) is 0. The number of allylic oxidation sites excluding steroid dienone is 1.